The Bertz CT molecular complexity index is 805. The zero-order chi connectivity index (χ0) is 19.8. The van der Waals surface area contributed by atoms with Gasteiger partial charge in [0.05, 0.1) is 17.6 Å². The number of amides is 1. The van der Waals surface area contributed by atoms with Crippen molar-refractivity contribution in [1.29, 1.82) is 0 Å². The van der Waals surface area contributed by atoms with Crippen LogP contribution in [-0.4, -0.2) is 17.4 Å². The van der Waals surface area contributed by atoms with Crippen LogP contribution in [0, 0.1) is 24.0 Å². The lowest BCUT2D eigenvalue weighted by Crippen LogP contribution is -2.26. The molecule has 6 heteroatoms. The van der Waals surface area contributed by atoms with Crippen LogP contribution in [0.3, 0.4) is 0 Å². The number of nitro groups is 1. The van der Waals surface area contributed by atoms with Gasteiger partial charge in [-0.05, 0) is 56.4 Å². The van der Waals surface area contributed by atoms with E-state index in [0.717, 1.165) is 35.3 Å². The van der Waals surface area contributed by atoms with E-state index in [9.17, 15) is 14.9 Å². The van der Waals surface area contributed by atoms with Crippen LogP contribution >= 0.6 is 0 Å². The zero-order valence-electron chi connectivity index (χ0n) is 16.0. The topological polar surface area (TPSA) is 81.5 Å². The molecule has 0 saturated carbocycles. The van der Waals surface area contributed by atoms with E-state index < -0.39 is 4.92 Å². The van der Waals surface area contributed by atoms with E-state index in [0.29, 0.717) is 13.0 Å². The normalized spacial score (nSPS) is 11.7. The highest BCUT2D eigenvalue weighted by Crippen LogP contribution is 2.20. The fraction of sp³-hybridized carbons (Fsp3) is 0.381. The summed E-state index contributed by atoms with van der Waals surface area (Å²) in [5.74, 6) is 0.819. The molecule has 1 N–H and O–H groups in total. The van der Waals surface area contributed by atoms with Crippen molar-refractivity contribution in [3.63, 3.8) is 0 Å². The number of carbonyl (C=O) groups excluding carboxylic acids is 1. The Morgan fingerprint density at radius 3 is 2.70 bits per heavy atom. The van der Waals surface area contributed by atoms with Crippen molar-refractivity contribution in [3.8, 4) is 5.75 Å². The van der Waals surface area contributed by atoms with Gasteiger partial charge < -0.3 is 10.1 Å². The molecule has 0 heterocycles. The van der Waals surface area contributed by atoms with E-state index in [4.69, 9.17) is 4.74 Å². The summed E-state index contributed by atoms with van der Waals surface area (Å²) in [5, 5.41) is 13.7. The molecule has 1 amide bonds. The number of carbonyl (C=O) groups is 1. The second kappa shape index (κ2) is 9.71. The highest BCUT2D eigenvalue weighted by molar-refractivity contribution is 5.76. The number of unbranched alkanes of at least 4 members (excludes halogenated alkanes) is 1. The molecular formula is C21H26N2O4. The number of nitro benzene ring substituents is 1. The summed E-state index contributed by atoms with van der Waals surface area (Å²) in [7, 11) is 0. The third-order valence-corrected chi connectivity index (χ3v) is 4.36. The predicted molar refractivity (Wildman–Crippen MR) is 105 cm³/mol. The Balaban J connectivity index is 1.72. The van der Waals surface area contributed by atoms with Crippen LogP contribution in [0.1, 0.15) is 48.9 Å². The summed E-state index contributed by atoms with van der Waals surface area (Å²) in [6.07, 6.45) is 1.90. The molecule has 0 aromatic heterocycles. The summed E-state index contributed by atoms with van der Waals surface area (Å²) < 4.78 is 5.79. The molecule has 6 nitrogen and oxygen atoms in total. The highest BCUT2D eigenvalue weighted by Gasteiger charge is 2.13. The number of nitrogens with zero attached hydrogens (tertiary/aromatic N) is 1. The molecule has 0 aliphatic carbocycles. The molecule has 144 valence electrons. The summed E-state index contributed by atoms with van der Waals surface area (Å²) >= 11 is 0. The average molecular weight is 370 g/mol. The second-order valence-corrected chi connectivity index (χ2v) is 6.72. The Labute approximate surface area is 159 Å². The summed E-state index contributed by atoms with van der Waals surface area (Å²) in [4.78, 5) is 22.5. The maximum absolute atomic E-state index is 12.1. The Morgan fingerprint density at radius 2 is 1.96 bits per heavy atom. The van der Waals surface area contributed by atoms with Gasteiger partial charge in [0.15, 0.2) is 0 Å². The molecule has 0 spiro atoms. The zero-order valence-corrected chi connectivity index (χ0v) is 16.0. The SMILES string of the molecule is Cc1ccc(C)c(OCCCCC(=O)NC(C)c2cccc([N+](=O)[O-])c2)c1. The van der Waals surface area contributed by atoms with Crippen LogP contribution in [0.2, 0.25) is 0 Å². The molecule has 2 rings (SSSR count). The van der Waals surface area contributed by atoms with E-state index in [1.54, 1.807) is 12.1 Å². The van der Waals surface area contributed by atoms with Crippen LogP contribution in [0.25, 0.3) is 0 Å². The first kappa shape index (κ1) is 20.4. The number of rotatable bonds is 9. The van der Waals surface area contributed by atoms with E-state index in [2.05, 4.69) is 11.4 Å². The lowest BCUT2D eigenvalue weighted by Gasteiger charge is -2.14. The summed E-state index contributed by atoms with van der Waals surface area (Å²) in [6.45, 7) is 6.43. The maximum atomic E-state index is 12.1. The molecule has 2 aromatic carbocycles. The van der Waals surface area contributed by atoms with Crippen molar-refractivity contribution in [2.75, 3.05) is 6.61 Å². The second-order valence-electron chi connectivity index (χ2n) is 6.72. The van der Waals surface area contributed by atoms with Crippen molar-refractivity contribution in [2.24, 2.45) is 0 Å². The minimum Gasteiger partial charge on any atom is -0.493 e. The molecule has 1 atom stereocenters. The molecule has 2 aromatic rings. The lowest BCUT2D eigenvalue weighted by atomic mass is 10.1. The number of ether oxygens (including phenoxy) is 1. The van der Waals surface area contributed by atoms with Crippen LogP contribution in [-0.2, 0) is 4.79 Å². The monoisotopic (exact) mass is 370 g/mol. The molecule has 1 unspecified atom stereocenters. The number of benzene rings is 2. The van der Waals surface area contributed by atoms with E-state index >= 15 is 0 Å². The van der Waals surface area contributed by atoms with Gasteiger partial charge in [0.1, 0.15) is 5.75 Å². The van der Waals surface area contributed by atoms with Gasteiger partial charge in [0.2, 0.25) is 5.91 Å². The van der Waals surface area contributed by atoms with Crippen molar-refractivity contribution in [1.82, 2.24) is 5.32 Å². The summed E-state index contributed by atoms with van der Waals surface area (Å²) in [5.41, 5.74) is 3.00. The molecule has 0 fully saturated rings. The van der Waals surface area contributed by atoms with Gasteiger partial charge in [-0.2, -0.15) is 0 Å². The molecule has 0 aliphatic rings. The average Bonchev–Trinajstić information content (AvgIpc) is 2.64. The van der Waals surface area contributed by atoms with Crippen LogP contribution in [0.4, 0.5) is 5.69 Å². The smallest absolute Gasteiger partial charge is 0.269 e. The lowest BCUT2D eigenvalue weighted by molar-refractivity contribution is -0.384. The van der Waals surface area contributed by atoms with Crippen LogP contribution in [0.5, 0.6) is 5.75 Å². The van der Waals surface area contributed by atoms with Crippen LogP contribution in [0.15, 0.2) is 42.5 Å². The largest absolute Gasteiger partial charge is 0.493 e. The molecule has 0 bridgehead atoms. The fourth-order valence-electron chi connectivity index (χ4n) is 2.74. The van der Waals surface area contributed by atoms with Crippen molar-refractivity contribution < 1.29 is 14.5 Å². The number of hydrogen-bond acceptors (Lipinski definition) is 4. The van der Waals surface area contributed by atoms with Crippen LogP contribution < -0.4 is 10.1 Å². The quantitative estimate of drug-likeness (QED) is 0.396. The molecule has 27 heavy (non-hydrogen) atoms. The molecular weight excluding hydrogens is 344 g/mol. The minimum absolute atomic E-state index is 0.0252. The van der Waals surface area contributed by atoms with Crippen molar-refractivity contribution in [2.45, 2.75) is 46.1 Å². The summed E-state index contributed by atoms with van der Waals surface area (Å²) in [6, 6.07) is 12.2. The van der Waals surface area contributed by atoms with E-state index in [1.807, 2.05) is 32.9 Å². The molecule has 0 radical (unpaired) electrons. The first-order valence-electron chi connectivity index (χ1n) is 9.10. The van der Waals surface area contributed by atoms with Gasteiger partial charge >= 0.3 is 0 Å². The van der Waals surface area contributed by atoms with Gasteiger partial charge in [0, 0.05) is 18.6 Å². The third-order valence-electron chi connectivity index (χ3n) is 4.36. The first-order chi connectivity index (χ1) is 12.9. The van der Waals surface area contributed by atoms with Gasteiger partial charge in [-0.3, -0.25) is 14.9 Å². The van der Waals surface area contributed by atoms with Crippen molar-refractivity contribution in [3.05, 3.63) is 69.3 Å². The Hall–Kier alpha value is -2.89. The molecule has 0 saturated heterocycles. The first-order valence-corrected chi connectivity index (χ1v) is 9.10. The van der Waals surface area contributed by atoms with Gasteiger partial charge in [0.25, 0.3) is 5.69 Å². The van der Waals surface area contributed by atoms with Crippen molar-refractivity contribution >= 4 is 11.6 Å². The van der Waals surface area contributed by atoms with E-state index in [1.165, 1.54) is 12.1 Å². The third kappa shape index (κ3) is 6.40. The van der Waals surface area contributed by atoms with Gasteiger partial charge in [-0.1, -0.05) is 24.3 Å². The standard InChI is InChI=1S/C21H26N2O4/c1-15-10-11-16(2)20(13-15)27-12-5-4-9-21(24)22-17(3)18-7-6-8-19(14-18)23(25)26/h6-8,10-11,13-14,17H,4-5,9,12H2,1-3H3,(H,22,24). The Morgan fingerprint density at radius 1 is 1.19 bits per heavy atom. The number of aryl methyl sites for hydroxylation is 2. The Kier molecular flexibility index (Phi) is 7.34. The molecule has 0 aliphatic heterocycles. The predicted octanol–water partition coefficient (Wildman–Crippen LogP) is 4.64. The highest BCUT2D eigenvalue weighted by atomic mass is 16.6. The minimum atomic E-state index is -0.437. The number of nitrogens with one attached hydrogen (secondary N) is 1. The number of hydrogen-bond donors (Lipinski definition) is 1. The fourth-order valence-corrected chi connectivity index (χ4v) is 2.74. The number of non-ortho nitro benzene ring substituents is 1. The van der Waals surface area contributed by atoms with E-state index in [-0.39, 0.29) is 17.6 Å². The van der Waals surface area contributed by atoms with Gasteiger partial charge in [-0.25, -0.2) is 0 Å². The maximum Gasteiger partial charge on any atom is 0.269 e. The van der Waals surface area contributed by atoms with Gasteiger partial charge in [-0.15, -0.1) is 0 Å².